The molecule has 4 rings (SSSR count). The van der Waals surface area contributed by atoms with E-state index in [0.29, 0.717) is 22.8 Å². The number of rotatable bonds is 7. The van der Waals surface area contributed by atoms with Crippen molar-refractivity contribution < 1.29 is 4.79 Å². The Kier molecular flexibility index (Phi) is 6.14. The minimum absolute atomic E-state index is 0.187. The first-order valence-electron chi connectivity index (χ1n) is 10.2. The number of nitrogens with zero attached hydrogens (tertiary/aromatic N) is 5. The van der Waals surface area contributed by atoms with Crippen LogP contribution in [-0.2, 0) is 11.3 Å². The summed E-state index contributed by atoms with van der Waals surface area (Å²) in [4.78, 5) is 17.6. The topological polar surface area (TPSA) is 96.5 Å². The molecule has 0 radical (unpaired) electrons. The summed E-state index contributed by atoms with van der Waals surface area (Å²) in [5.74, 6) is -0.187. The number of amides is 1. The van der Waals surface area contributed by atoms with Gasteiger partial charge in [-0.25, -0.2) is 4.98 Å². The van der Waals surface area contributed by atoms with Crippen molar-refractivity contribution in [3.05, 3.63) is 54.1 Å². The van der Waals surface area contributed by atoms with E-state index in [-0.39, 0.29) is 5.91 Å². The normalized spacial score (nSPS) is 12.0. The lowest BCUT2D eigenvalue weighted by molar-refractivity contribution is -0.115. The van der Waals surface area contributed by atoms with Crippen LogP contribution in [0.3, 0.4) is 0 Å². The number of nitriles is 1. The van der Waals surface area contributed by atoms with Crippen molar-refractivity contribution in [3.63, 3.8) is 0 Å². The maximum Gasteiger partial charge on any atom is 0.238 e. The molecule has 156 valence electrons. The molecule has 1 amide bonds. The zero-order valence-corrected chi connectivity index (χ0v) is 18.2. The van der Waals surface area contributed by atoms with E-state index in [2.05, 4.69) is 39.1 Å². The molecule has 0 fully saturated rings. The number of para-hydroxylation sites is 2. The standard InChI is InChI=1S/C23H22N6OS/c1-3-13-29-18-12-8-6-10-16(18)20-21(29)26-23(28-27-20)31-19(4-2)22(30)25-17-11-7-5-9-15(17)14-24/h5-12,19H,3-4,13H2,1-2H3,(H,25,30)/t19-/m0/s1. The molecule has 0 saturated carbocycles. The Hall–Kier alpha value is -3.44. The van der Waals surface area contributed by atoms with Gasteiger partial charge < -0.3 is 9.88 Å². The Morgan fingerprint density at radius 1 is 1.16 bits per heavy atom. The summed E-state index contributed by atoms with van der Waals surface area (Å²) in [6.45, 7) is 4.89. The molecule has 0 aliphatic carbocycles. The summed E-state index contributed by atoms with van der Waals surface area (Å²) in [5, 5.41) is 21.9. The van der Waals surface area contributed by atoms with Gasteiger partial charge in [0.15, 0.2) is 5.65 Å². The average molecular weight is 431 g/mol. The fraction of sp³-hybridized carbons (Fsp3) is 0.261. The minimum atomic E-state index is -0.407. The second-order valence-electron chi connectivity index (χ2n) is 7.10. The highest BCUT2D eigenvalue weighted by Gasteiger charge is 2.22. The highest BCUT2D eigenvalue weighted by molar-refractivity contribution is 8.00. The van der Waals surface area contributed by atoms with Crippen molar-refractivity contribution in [2.45, 2.75) is 43.6 Å². The van der Waals surface area contributed by atoms with Gasteiger partial charge in [0.2, 0.25) is 11.1 Å². The maximum absolute atomic E-state index is 12.9. The van der Waals surface area contributed by atoms with Gasteiger partial charge >= 0.3 is 0 Å². The van der Waals surface area contributed by atoms with E-state index in [1.807, 2.05) is 25.1 Å². The minimum Gasteiger partial charge on any atom is -0.324 e. The van der Waals surface area contributed by atoms with Crippen LogP contribution >= 0.6 is 11.8 Å². The number of nitrogens with one attached hydrogen (secondary N) is 1. The first kappa shape index (κ1) is 20.8. The fourth-order valence-corrected chi connectivity index (χ4v) is 4.36. The van der Waals surface area contributed by atoms with E-state index < -0.39 is 5.25 Å². The zero-order valence-electron chi connectivity index (χ0n) is 17.4. The fourth-order valence-electron chi connectivity index (χ4n) is 3.54. The molecular formula is C23H22N6OS. The van der Waals surface area contributed by atoms with Gasteiger partial charge in [0.1, 0.15) is 11.6 Å². The second-order valence-corrected chi connectivity index (χ2v) is 8.27. The van der Waals surface area contributed by atoms with Crippen molar-refractivity contribution in [2.24, 2.45) is 0 Å². The zero-order chi connectivity index (χ0) is 21.8. The molecule has 2 aromatic heterocycles. The number of thioether (sulfide) groups is 1. The van der Waals surface area contributed by atoms with Gasteiger partial charge in [-0.15, -0.1) is 10.2 Å². The first-order chi connectivity index (χ1) is 15.2. The van der Waals surface area contributed by atoms with Crippen molar-refractivity contribution in [1.82, 2.24) is 19.7 Å². The molecule has 1 N–H and O–H groups in total. The summed E-state index contributed by atoms with van der Waals surface area (Å²) in [6, 6.07) is 17.1. The van der Waals surface area contributed by atoms with Crippen LogP contribution in [0.15, 0.2) is 53.7 Å². The monoisotopic (exact) mass is 430 g/mol. The number of anilines is 1. The van der Waals surface area contributed by atoms with Crippen LogP contribution < -0.4 is 5.32 Å². The Morgan fingerprint density at radius 2 is 1.94 bits per heavy atom. The number of carbonyl (C=O) groups excluding carboxylic acids is 1. The van der Waals surface area contributed by atoms with Crippen LogP contribution in [0.25, 0.3) is 22.1 Å². The molecule has 2 aromatic carbocycles. The van der Waals surface area contributed by atoms with Gasteiger partial charge in [-0.05, 0) is 31.0 Å². The highest BCUT2D eigenvalue weighted by Crippen LogP contribution is 2.29. The predicted octanol–water partition coefficient (Wildman–Crippen LogP) is 4.77. The van der Waals surface area contributed by atoms with Gasteiger partial charge in [-0.1, -0.05) is 55.9 Å². The molecule has 8 heteroatoms. The first-order valence-corrected chi connectivity index (χ1v) is 11.1. The number of hydrogen-bond donors (Lipinski definition) is 1. The summed E-state index contributed by atoms with van der Waals surface area (Å²) in [6.07, 6.45) is 1.56. The number of hydrogen-bond acceptors (Lipinski definition) is 6. The van der Waals surface area contributed by atoms with Crippen LogP contribution in [-0.4, -0.2) is 30.9 Å². The number of benzene rings is 2. The Bertz CT molecular complexity index is 1290. The summed E-state index contributed by atoms with van der Waals surface area (Å²) >= 11 is 1.29. The lowest BCUT2D eigenvalue weighted by Crippen LogP contribution is -2.25. The van der Waals surface area contributed by atoms with Crippen molar-refractivity contribution in [2.75, 3.05) is 5.32 Å². The Balaban J connectivity index is 1.63. The van der Waals surface area contributed by atoms with Crippen LogP contribution in [0.1, 0.15) is 32.3 Å². The van der Waals surface area contributed by atoms with Gasteiger partial charge in [-0.2, -0.15) is 5.26 Å². The van der Waals surface area contributed by atoms with Crippen LogP contribution in [0.2, 0.25) is 0 Å². The molecule has 1 atom stereocenters. The third-order valence-corrected chi connectivity index (χ3v) is 6.23. The maximum atomic E-state index is 12.9. The van der Waals surface area contributed by atoms with Gasteiger partial charge in [0.05, 0.1) is 22.0 Å². The highest BCUT2D eigenvalue weighted by atomic mass is 32.2. The third-order valence-electron chi connectivity index (χ3n) is 5.02. The van der Waals surface area contributed by atoms with E-state index in [0.717, 1.165) is 35.0 Å². The smallest absolute Gasteiger partial charge is 0.238 e. The van der Waals surface area contributed by atoms with E-state index >= 15 is 0 Å². The lowest BCUT2D eigenvalue weighted by atomic mass is 10.2. The molecule has 4 aromatic rings. The van der Waals surface area contributed by atoms with Crippen LogP contribution in [0.4, 0.5) is 5.69 Å². The Labute approximate surface area is 184 Å². The van der Waals surface area contributed by atoms with Crippen LogP contribution in [0.5, 0.6) is 0 Å². The number of carbonyl (C=O) groups is 1. The molecule has 0 unspecified atom stereocenters. The molecule has 0 aliphatic rings. The van der Waals surface area contributed by atoms with Gasteiger partial charge in [0.25, 0.3) is 0 Å². The molecular weight excluding hydrogens is 408 g/mol. The molecule has 0 spiro atoms. The van der Waals surface area contributed by atoms with Crippen molar-refractivity contribution >= 4 is 45.4 Å². The SMILES string of the molecule is CCCn1c2ccccc2c2nnc(S[C@@H](CC)C(=O)Nc3ccccc3C#N)nc21. The molecule has 0 saturated heterocycles. The quantitative estimate of drug-likeness (QED) is 0.424. The summed E-state index contributed by atoms with van der Waals surface area (Å²) in [7, 11) is 0. The third kappa shape index (κ3) is 4.09. The van der Waals surface area contributed by atoms with E-state index in [1.165, 1.54) is 11.8 Å². The average Bonchev–Trinajstić information content (AvgIpc) is 3.11. The van der Waals surface area contributed by atoms with Crippen LogP contribution in [0, 0.1) is 11.3 Å². The summed E-state index contributed by atoms with van der Waals surface area (Å²) in [5.41, 5.74) is 3.58. The summed E-state index contributed by atoms with van der Waals surface area (Å²) < 4.78 is 2.16. The molecule has 0 bridgehead atoms. The number of aromatic nitrogens is 4. The Morgan fingerprint density at radius 3 is 2.71 bits per heavy atom. The predicted molar refractivity (Wildman–Crippen MR) is 123 cm³/mol. The number of aryl methyl sites for hydroxylation is 1. The van der Waals surface area contributed by atoms with Gasteiger partial charge in [-0.3, -0.25) is 4.79 Å². The largest absolute Gasteiger partial charge is 0.324 e. The molecule has 31 heavy (non-hydrogen) atoms. The molecule has 7 nitrogen and oxygen atoms in total. The van der Waals surface area contributed by atoms with E-state index in [4.69, 9.17) is 4.98 Å². The molecule has 2 heterocycles. The van der Waals surface area contributed by atoms with E-state index in [1.54, 1.807) is 24.3 Å². The lowest BCUT2D eigenvalue weighted by Gasteiger charge is -2.14. The number of fused-ring (bicyclic) bond motifs is 3. The second kappa shape index (κ2) is 9.14. The van der Waals surface area contributed by atoms with Crippen molar-refractivity contribution in [3.8, 4) is 6.07 Å². The van der Waals surface area contributed by atoms with Gasteiger partial charge in [0, 0.05) is 11.9 Å². The van der Waals surface area contributed by atoms with E-state index in [9.17, 15) is 10.1 Å². The molecule has 0 aliphatic heterocycles. The van der Waals surface area contributed by atoms with Crippen molar-refractivity contribution in [1.29, 1.82) is 5.26 Å².